The number of rotatable bonds is 5. The summed E-state index contributed by atoms with van der Waals surface area (Å²) in [5.41, 5.74) is 2.15. The molecule has 1 aromatic rings. The number of aryl methyl sites for hydroxylation is 3. The van der Waals surface area contributed by atoms with Crippen LogP contribution in [0.2, 0.25) is 0 Å². The van der Waals surface area contributed by atoms with E-state index in [2.05, 4.69) is 10.4 Å². The predicted octanol–water partition coefficient (Wildman–Crippen LogP) is 0.894. The number of carbonyl (C=O) groups excluding carboxylic acids is 1. The van der Waals surface area contributed by atoms with Gasteiger partial charge in [0.05, 0.1) is 5.69 Å². The van der Waals surface area contributed by atoms with Gasteiger partial charge in [0.25, 0.3) is 5.91 Å². The Morgan fingerprint density at radius 3 is 2.95 bits per heavy atom. The Balaban J connectivity index is 1.70. The molecule has 6 heteroatoms. The van der Waals surface area contributed by atoms with Gasteiger partial charge in [0.2, 0.25) is 5.76 Å². The average Bonchev–Trinajstić information content (AvgIpc) is 2.74. The zero-order valence-corrected chi connectivity index (χ0v) is 11.3. The van der Waals surface area contributed by atoms with Crippen molar-refractivity contribution < 1.29 is 14.3 Å². The second-order valence-corrected chi connectivity index (χ2v) is 4.46. The SMILES string of the molecule is Cc1cc(C)n(CCCNC(=O)C2=COCCO2)n1. The van der Waals surface area contributed by atoms with Crippen LogP contribution in [0.4, 0.5) is 0 Å². The van der Waals surface area contributed by atoms with Crippen LogP contribution in [0, 0.1) is 13.8 Å². The fourth-order valence-corrected chi connectivity index (χ4v) is 1.91. The highest BCUT2D eigenvalue weighted by molar-refractivity contribution is 5.91. The molecule has 6 nitrogen and oxygen atoms in total. The molecule has 0 radical (unpaired) electrons. The number of amides is 1. The van der Waals surface area contributed by atoms with Gasteiger partial charge in [0.1, 0.15) is 19.5 Å². The maximum atomic E-state index is 11.7. The zero-order valence-electron chi connectivity index (χ0n) is 11.3. The van der Waals surface area contributed by atoms with E-state index in [1.165, 1.54) is 6.26 Å². The molecule has 0 bridgehead atoms. The lowest BCUT2D eigenvalue weighted by atomic mass is 10.3. The summed E-state index contributed by atoms with van der Waals surface area (Å²) < 4.78 is 12.2. The second-order valence-electron chi connectivity index (χ2n) is 4.46. The maximum Gasteiger partial charge on any atom is 0.289 e. The van der Waals surface area contributed by atoms with E-state index in [0.29, 0.717) is 19.8 Å². The summed E-state index contributed by atoms with van der Waals surface area (Å²) in [7, 11) is 0. The summed E-state index contributed by atoms with van der Waals surface area (Å²) in [6.45, 7) is 6.28. The Kier molecular flexibility index (Phi) is 4.43. The number of ether oxygens (including phenoxy) is 2. The summed E-state index contributed by atoms with van der Waals surface area (Å²) in [4.78, 5) is 11.7. The normalized spacial score (nSPS) is 14.3. The molecule has 1 aliphatic heterocycles. The van der Waals surface area contributed by atoms with Crippen LogP contribution >= 0.6 is 0 Å². The van der Waals surface area contributed by atoms with Gasteiger partial charge in [-0.3, -0.25) is 9.48 Å². The van der Waals surface area contributed by atoms with Crippen molar-refractivity contribution in [1.29, 1.82) is 0 Å². The second kappa shape index (κ2) is 6.26. The predicted molar refractivity (Wildman–Crippen MR) is 69.3 cm³/mol. The average molecular weight is 265 g/mol. The van der Waals surface area contributed by atoms with Crippen LogP contribution in [-0.2, 0) is 20.8 Å². The minimum Gasteiger partial charge on any atom is -0.494 e. The third kappa shape index (κ3) is 3.74. The van der Waals surface area contributed by atoms with Crippen LogP contribution in [0.5, 0.6) is 0 Å². The van der Waals surface area contributed by atoms with Crippen LogP contribution in [0.15, 0.2) is 18.1 Å². The third-order valence-electron chi connectivity index (χ3n) is 2.81. The van der Waals surface area contributed by atoms with E-state index >= 15 is 0 Å². The Bertz CT molecular complexity index is 479. The smallest absolute Gasteiger partial charge is 0.289 e. The molecule has 0 aromatic carbocycles. The monoisotopic (exact) mass is 265 g/mol. The van der Waals surface area contributed by atoms with Crippen molar-refractivity contribution in [2.75, 3.05) is 19.8 Å². The molecule has 0 atom stereocenters. The van der Waals surface area contributed by atoms with Gasteiger partial charge >= 0.3 is 0 Å². The van der Waals surface area contributed by atoms with Gasteiger partial charge in [-0.15, -0.1) is 0 Å². The van der Waals surface area contributed by atoms with Gasteiger partial charge in [-0.1, -0.05) is 0 Å². The summed E-state index contributed by atoms with van der Waals surface area (Å²) in [5.74, 6) is 0.0189. The molecule has 1 aliphatic rings. The van der Waals surface area contributed by atoms with Crippen LogP contribution in [-0.4, -0.2) is 35.4 Å². The first kappa shape index (κ1) is 13.5. The molecule has 2 rings (SSSR count). The third-order valence-corrected chi connectivity index (χ3v) is 2.81. The number of nitrogens with one attached hydrogen (secondary N) is 1. The molecule has 0 unspecified atom stereocenters. The molecule has 0 saturated carbocycles. The first-order valence-electron chi connectivity index (χ1n) is 6.40. The highest BCUT2D eigenvalue weighted by Crippen LogP contribution is 2.04. The van der Waals surface area contributed by atoms with E-state index in [-0.39, 0.29) is 11.7 Å². The number of hydrogen-bond donors (Lipinski definition) is 1. The van der Waals surface area contributed by atoms with Crippen LogP contribution in [0.3, 0.4) is 0 Å². The van der Waals surface area contributed by atoms with E-state index in [0.717, 1.165) is 24.4 Å². The summed E-state index contributed by atoms with van der Waals surface area (Å²) in [5, 5.41) is 7.16. The lowest BCUT2D eigenvalue weighted by Crippen LogP contribution is -2.29. The molecule has 1 amide bonds. The molecule has 0 saturated heterocycles. The van der Waals surface area contributed by atoms with Crippen molar-refractivity contribution in [3.8, 4) is 0 Å². The number of nitrogens with zero attached hydrogens (tertiary/aromatic N) is 2. The van der Waals surface area contributed by atoms with Gasteiger partial charge in [0, 0.05) is 18.8 Å². The Hall–Kier alpha value is -1.98. The molecular weight excluding hydrogens is 246 g/mol. The summed E-state index contributed by atoms with van der Waals surface area (Å²) in [6, 6.07) is 2.04. The fraction of sp³-hybridized carbons (Fsp3) is 0.538. The van der Waals surface area contributed by atoms with Gasteiger partial charge in [-0.2, -0.15) is 5.10 Å². The summed E-state index contributed by atoms with van der Waals surface area (Å²) in [6.07, 6.45) is 2.18. The molecule has 0 fully saturated rings. The molecule has 0 aliphatic carbocycles. The number of aromatic nitrogens is 2. The molecule has 104 valence electrons. The van der Waals surface area contributed by atoms with Gasteiger partial charge in [0.15, 0.2) is 0 Å². The first-order valence-corrected chi connectivity index (χ1v) is 6.40. The summed E-state index contributed by atoms with van der Waals surface area (Å²) >= 11 is 0. The molecule has 1 aromatic heterocycles. The standard InChI is InChI=1S/C13H19N3O3/c1-10-8-11(2)16(15-10)5-3-4-14-13(17)12-9-18-6-7-19-12/h8-9H,3-7H2,1-2H3,(H,14,17). The zero-order chi connectivity index (χ0) is 13.7. The van der Waals surface area contributed by atoms with E-state index in [1.807, 2.05) is 24.6 Å². The highest BCUT2D eigenvalue weighted by atomic mass is 16.6. The van der Waals surface area contributed by atoms with Gasteiger partial charge in [-0.25, -0.2) is 0 Å². The molecule has 1 N–H and O–H groups in total. The van der Waals surface area contributed by atoms with E-state index in [1.54, 1.807) is 0 Å². The topological polar surface area (TPSA) is 65.4 Å². The quantitative estimate of drug-likeness (QED) is 0.803. The van der Waals surface area contributed by atoms with Crippen molar-refractivity contribution >= 4 is 5.91 Å². The Labute approximate surface area is 112 Å². The van der Waals surface area contributed by atoms with Crippen LogP contribution in [0.25, 0.3) is 0 Å². The lowest BCUT2D eigenvalue weighted by Gasteiger charge is -2.15. The van der Waals surface area contributed by atoms with Crippen molar-refractivity contribution in [1.82, 2.24) is 15.1 Å². The van der Waals surface area contributed by atoms with Gasteiger partial charge < -0.3 is 14.8 Å². The van der Waals surface area contributed by atoms with E-state index < -0.39 is 0 Å². The van der Waals surface area contributed by atoms with E-state index in [9.17, 15) is 4.79 Å². The molecule has 2 heterocycles. The van der Waals surface area contributed by atoms with Crippen LogP contribution < -0.4 is 5.32 Å². The Morgan fingerprint density at radius 1 is 1.47 bits per heavy atom. The minimum absolute atomic E-state index is 0.229. The van der Waals surface area contributed by atoms with Crippen molar-refractivity contribution in [2.45, 2.75) is 26.8 Å². The lowest BCUT2D eigenvalue weighted by molar-refractivity contribution is -0.122. The Morgan fingerprint density at radius 2 is 2.32 bits per heavy atom. The molecule has 0 spiro atoms. The van der Waals surface area contributed by atoms with Crippen molar-refractivity contribution in [3.05, 3.63) is 29.5 Å². The van der Waals surface area contributed by atoms with Crippen molar-refractivity contribution in [2.24, 2.45) is 0 Å². The van der Waals surface area contributed by atoms with Crippen LogP contribution in [0.1, 0.15) is 17.8 Å². The van der Waals surface area contributed by atoms with E-state index in [4.69, 9.17) is 9.47 Å². The molecule has 19 heavy (non-hydrogen) atoms. The van der Waals surface area contributed by atoms with Gasteiger partial charge in [-0.05, 0) is 26.3 Å². The fourth-order valence-electron chi connectivity index (χ4n) is 1.91. The minimum atomic E-state index is -0.229. The number of carbonyl (C=O) groups is 1. The maximum absolute atomic E-state index is 11.7. The number of hydrogen-bond acceptors (Lipinski definition) is 4. The largest absolute Gasteiger partial charge is 0.494 e. The van der Waals surface area contributed by atoms with Crippen molar-refractivity contribution in [3.63, 3.8) is 0 Å². The first-order chi connectivity index (χ1) is 9.16. The highest BCUT2D eigenvalue weighted by Gasteiger charge is 2.13. The molecular formula is C13H19N3O3.